The number of nitrogen functional groups attached to an aromatic ring is 1. The van der Waals surface area contributed by atoms with Crippen LogP contribution >= 0.6 is 0 Å². The molecule has 0 radical (unpaired) electrons. The van der Waals surface area contributed by atoms with E-state index >= 15 is 0 Å². The first-order chi connectivity index (χ1) is 11.2. The number of piperidine rings is 1. The number of pyridine rings is 1. The molecule has 1 aliphatic heterocycles. The predicted octanol–water partition coefficient (Wildman–Crippen LogP) is 2.97. The molecule has 23 heavy (non-hydrogen) atoms. The van der Waals surface area contributed by atoms with Crippen molar-refractivity contribution < 1.29 is 4.48 Å². The number of anilines is 1. The molecule has 0 aromatic carbocycles. The fourth-order valence-corrected chi connectivity index (χ4v) is 4.52. The van der Waals surface area contributed by atoms with Crippen LogP contribution in [0.25, 0.3) is 5.52 Å². The largest absolute Gasteiger partial charge is 0.395 e. The van der Waals surface area contributed by atoms with Gasteiger partial charge in [-0.2, -0.15) is 5.10 Å². The van der Waals surface area contributed by atoms with Gasteiger partial charge in [0.2, 0.25) is 0 Å². The standard InChI is InChI=1S/C19H29N4/c1-23(12-3-2-4-13-23)14-6-8-16-19(20)18-11-10-15-7-5-9-17(15)22(18)21-16/h10-11H,2-9,12-14,20H2,1H3/q+1. The monoisotopic (exact) mass is 313 g/mol. The van der Waals surface area contributed by atoms with Gasteiger partial charge in [0, 0.05) is 12.1 Å². The van der Waals surface area contributed by atoms with Crippen molar-refractivity contribution in [3.05, 3.63) is 29.1 Å². The Morgan fingerprint density at radius 3 is 2.78 bits per heavy atom. The van der Waals surface area contributed by atoms with Crippen LogP contribution in [-0.4, -0.2) is 40.8 Å². The second-order valence-electron chi connectivity index (χ2n) is 7.77. The number of likely N-dealkylation sites (tertiary alicyclic amines) is 1. The maximum atomic E-state index is 6.40. The average molecular weight is 313 g/mol. The van der Waals surface area contributed by atoms with Crippen LogP contribution in [0.15, 0.2) is 12.1 Å². The highest BCUT2D eigenvalue weighted by atomic mass is 15.3. The molecule has 1 aliphatic carbocycles. The lowest BCUT2D eigenvalue weighted by molar-refractivity contribution is -0.914. The lowest BCUT2D eigenvalue weighted by atomic mass is 10.1. The zero-order valence-corrected chi connectivity index (χ0v) is 14.4. The Labute approximate surface area is 138 Å². The number of aryl methyl sites for hydroxylation is 3. The van der Waals surface area contributed by atoms with E-state index in [2.05, 4.69) is 23.7 Å². The summed E-state index contributed by atoms with van der Waals surface area (Å²) in [6, 6.07) is 4.41. The van der Waals surface area contributed by atoms with Gasteiger partial charge in [-0.3, -0.25) is 0 Å². The molecule has 0 atom stereocenters. The molecular formula is C19H29N4+. The smallest absolute Gasteiger partial charge is 0.0897 e. The van der Waals surface area contributed by atoms with Gasteiger partial charge in [-0.25, -0.2) is 4.52 Å². The molecule has 2 aromatic rings. The highest BCUT2D eigenvalue weighted by Gasteiger charge is 2.24. The van der Waals surface area contributed by atoms with Gasteiger partial charge in [-0.1, -0.05) is 6.07 Å². The van der Waals surface area contributed by atoms with Gasteiger partial charge in [0.05, 0.1) is 43.6 Å². The van der Waals surface area contributed by atoms with E-state index in [1.54, 1.807) is 0 Å². The van der Waals surface area contributed by atoms with Crippen molar-refractivity contribution in [2.75, 3.05) is 32.4 Å². The topological polar surface area (TPSA) is 43.3 Å². The summed E-state index contributed by atoms with van der Waals surface area (Å²) in [5.74, 6) is 0. The van der Waals surface area contributed by atoms with Crippen LogP contribution in [0.5, 0.6) is 0 Å². The van der Waals surface area contributed by atoms with E-state index in [0.29, 0.717) is 0 Å². The summed E-state index contributed by atoms with van der Waals surface area (Å²) >= 11 is 0. The Balaban J connectivity index is 1.50. The fraction of sp³-hybridized carbons (Fsp3) is 0.632. The molecular weight excluding hydrogens is 284 g/mol. The average Bonchev–Trinajstić information content (AvgIpc) is 3.13. The van der Waals surface area contributed by atoms with Gasteiger partial charge in [0.15, 0.2) is 0 Å². The van der Waals surface area contributed by atoms with E-state index in [4.69, 9.17) is 10.8 Å². The van der Waals surface area contributed by atoms with E-state index in [1.165, 1.54) is 73.9 Å². The number of hydrogen-bond donors (Lipinski definition) is 1. The van der Waals surface area contributed by atoms with Crippen LogP contribution in [-0.2, 0) is 19.3 Å². The molecule has 2 aliphatic rings. The Hall–Kier alpha value is -1.55. The first-order valence-corrected chi connectivity index (χ1v) is 9.28. The van der Waals surface area contributed by atoms with Gasteiger partial charge in [0.25, 0.3) is 0 Å². The van der Waals surface area contributed by atoms with Gasteiger partial charge in [-0.05, 0) is 56.6 Å². The summed E-state index contributed by atoms with van der Waals surface area (Å²) in [5.41, 5.74) is 12.4. The SMILES string of the molecule is C[N+]1(CCCc2nn3c4c(ccc3c2N)CCC4)CCCCC1. The minimum absolute atomic E-state index is 0.904. The number of nitrogens with two attached hydrogens (primary N) is 1. The highest BCUT2D eigenvalue weighted by molar-refractivity contribution is 5.73. The summed E-state index contributed by atoms with van der Waals surface area (Å²) in [6.45, 7) is 3.94. The lowest BCUT2D eigenvalue weighted by Gasteiger charge is -2.37. The van der Waals surface area contributed by atoms with Gasteiger partial charge >= 0.3 is 0 Å². The molecule has 3 heterocycles. The van der Waals surface area contributed by atoms with Crippen molar-refractivity contribution in [1.82, 2.24) is 9.61 Å². The zero-order chi connectivity index (χ0) is 15.9. The van der Waals surface area contributed by atoms with Crippen LogP contribution in [0.3, 0.4) is 0 Å². The van der Waals surface area contributed by atoms with Crippen molar-refractivity contribution in [3.63, 3.8) is 0 Å². The van der Waals surface area contributed by atoms with Crippen molar-refractivity contribution >= 4 is 11.2 Å². The second kappa shape index (κ2) is 5.82. The second-order valence-corrected chi connectivity index (χ2v) is 7.77. The maximum absolute atomic E-state index is 6.40. The van der Waals surface area contributed by atoms with Gasteiger partial charge in [-0.15, -0.1) is 0 Å². The first-order valence-electron chi connectivity index (χ1n) is 9.28. The molecule has 0 spiro atoms. The van der Waals surface area contributed by atoms with Crippen molar-refractivity contribution in [3.8, 4) is 0 Å². The Morgan fingerprint density at radius 2 is 1.96 bits per heavy atom. The van der Waals surface area contributed by atoms with Crippen LogP contribution in [0.1, 0.15) is 49.1 Å². The van der Waals surface area contributed by atoms with Crippen LogP contribution in [0, 0.1) is 0 Å². The van der Waals surface area contributed by atoms with Gasteiger partial charge < -0.3 is 10.2 Å². The normalized spacial score (nSPS) is 20.0. The molecule has 4 heteroatoms. The van der Waals surface area contributed by atoms with Crippen LogP contribution in [0.4, 0.5) is 5.69 Å². The third kappa shape index (κ3) is 2.74. The zero-order valence-electron chi connectivity index (χ0n) is 14.4. The molecule has 2 N–H and O–H groups in total. The molecule has 124 valence electrons. The lowest BCUT2D eigenvalue weighted by Crippen LogP contribution is -2.48. The quantitative estimate of drug-likeness (QED) is 0.882. The summed E-state index contributed by atoms with van der Waals surface area (Å²) in [7, 11) is 2.42. The number of rotatable bonds is 4. The Morgan fingerprint density at radius 1 is 1.13 bits per heavy atom. The predicted molar refractivity (Wildman–Crippen MR) is 94.6 cm³/mol. The molecule has 2 aromatic heterocycles. The number of aromatic nitrogens is 2. The Bertz CT molecular complexity index is 710. The number of hydrogen-bond acceptors (Lipinski definition) is 2. The van der Waals surface area contributed by atoms with Crippen LogP contribution in [0.2, 0.25) is 0 Å². The molecule has 4 nitrogen and oxygen atoms in total. The van der Waals surface area contributed by atoms with E-state index in [-0.39, 0.29) is 0 Å². The highest BCUT2D eigenvalue weighted by Crippen LogP contribution is 2.28. The molecule has 0 bridgehead atoms. The number of nitrogens with zero attached hydrogens (tertiary/aromatic N) is 3. The maximum Gasteiger partial charge on any atom is 0.0897 e. The van der Waals surface area contributed by atoms with E-state index in [0.717, 1.165) is 29.7 Å². The summed E-state index contributed by atoms with van der Waals surface area (Å²) in [5, 5.41) is 4.87. The third-order valence-corrected chi connectivity index (χ3v) is 5.97. The molecule has 1 fully saturated rings. The Kier molecular flexibility index (Phi) is 3.80. The first kappa shape index (κ1) is 15.0. The van der Waals surface area contributed by atoms with Gasteiger partial charge in [0.1, 0.15) is 0 Å². The number of fused-ring (bicyclic) bond motifs is 3. The molecule has 4 rings (SSSR count). The summed E-state index contributed by atoms with van der Waals surface area (Å²) in [6.07, 6.45) is 9.97. The summed E-state index contributed by atoms with van der Waals surface area (Å²) in [4.78, 5) is 0. The van der Waals surface area contributed by atoms with E-state index < -0.39 is 0 Å². The van der Waals surface area contributed by atoms with E-state index in [9.17, 15) is 0 Å². The summed E-state index contributed by atoms with van der Waals surface area (Å²) < 4.78 is 3.37. The molecule has 0 saturated carbocycles. The fourth-order valence-electron chi connectivity index (χ4n) is 4.52. The number of quaternary nitrogens is 1. The molecule has 0 amide bonds. The third-order valence-electron chi connectivity index (χ3n) is 5.97. The molecule has 1 saturated heterocycles. The van der Waals surface area contributed by atoms with Crippen molar-refractivity contribution in [2.24, 2.45) is 0 Å². The van der Waals surface area contributed by atoms with Crippen LogP contribution < -0.4 is 5.73 Å². The minimum Gasteiger partial charge on any atom is -0.395 e. The molecule has 0 unspecified atom stereocenters. The van der Waals surface area contributed by atoms with E-state index in [1.807, 2.05) is 0 Å². The van der Waals surface area contributed by atoms with Crippen molar-refractivity contribution in [1.29, 1.82) is 0 Å². The minimum atomic E-state index is 0.904. The van der Waals surface area contributed by atoms with Crippen molar-refractivity contribution in [2.45, 2.75) is 51.4 Å².